The van der Waals surface area contributed by atoms with E-state index in [2.05, 4.69) is 44.0 Å². The van der Waals surface area contributed by atoms with Gasteiger partial charge in [-0.2, -0.15) is 0 Å². The molecule has 0 aliphatic carbocycles. The lowest BCUT2D eigenvalue weighted by molar-refractivity contribution is -0.160. The van der Waals surface area contributed by atoms with E-state index in [0.717, 1.165) is 35.4 Å². The molecular weight excluding hydrogens is 420 g/mol. The number of hydrogen-bond acceptors (Lipinski definition) is 4. The molecule has 1 aliphatic rings. The number of fused-ring (bicyclic) bond motifs is 1. The second-order valence-corrected chi connectivity index (χ2v) is 9.04. The average molecular weight is 447 g/mol. The summed E-state index contributed by atoms with van der Waals surface area (Å²) in [5.41, 5.74) is 5.04. The quantitative estimate of drug-likeness (QED) is 0.718. The van der Waals surface area contributed by atoms with Gasteiger partial charge in [0, 0.05) is 24.3 Å². The van der Waals surface area contributed by atoms with Crippen LogP contribution in [-0.2, 0) is 22.5 Å². The summed E-state index contributed by atoms with van der Waals surface area (Å²) in [6, 6.07) is 8.41. The largest absolute Gasteiger partial charge is 0.479 e. The molecule has 5 nitrogen and oxygen atoms in total. The highest BCUT2D eigenvalue weighted by atomic mass is 79.9. The minimum atomic E-state index is -1.09. The molecule has 0 fully saturated rings. The molecule has 0 bridgehead atoms. The number of aliphatic carboxylic acids is 1. The lowest BCUT2D eigenvalue weighted by Gasteiger charge is -2.36. The fraction of sp³-hybridized carbons (Fsp3) is 0.455. The maximum atomic E-state index is 12.2. The molecule has 1 atom stereocenters. The fourth-order valence-electron chi connectivity index (χ4n) is 3.72. The number of ether oxygens (including phenoxy) is 1. The van der Waals surface area contributed by atoms with Gasteiger partial charge >= 0.3 is 5.97 Å². The van der Waals surface area contributed by atoms with Gasteiger partial charge in [-0.05, 0) is 68.1 Å². The molecule has 1 aliphatic heterocycles. The molecule has 1 aromatic carbocycles. The number of aromatic nitrogens is 1. The SMILES string of the molecule is Cc1nc(C)c(C(OC(C)(C)C)C(=O)O)c(N2CCc3ccccc3C2)c1Br. The van der Waals surface area contributed by atoms with Crippen molar-refractivity contribution in [3.63, 3.8) is 0 Å². The summed E-state index contributed by atoms with van der Waals surface area (Å²) >= 11 is 3.69. The smallest absolute Gasteiger partial charge is 0.337 e. The van der Waals surface area contributed by atoms with Gasteiger partial charge in [-0.3, -0.25) is 4.98 Å². The van der Waals surface area contributed by atoms with E-state index in [9.17, 15) is 9.90 Å². The first-order valence-corrected chi connectivity index (χ1v) is 10.3. The van der Waals surface area contributed by atoms with Gasteiger partial charge in [0.15, 0.2) is 6.10 Å². The van der Waals surface area contributed by atoms with E-state index in [4.69, 9.17) is 4.74 Å². The summed E-state index contributed by atoms with van der Waals surface area (Å²) in [7, 11) is 0. The first-order chi connectivity index (χ1) is 13.1. The minimum Gasteiger partial charge on any atom is -0.479 e. The Hall–Kier alpha value is -1.92. The number of anilines is 1. The van der Waals surface area contributed by atoms with Crippen LogP contribution in [0, 0.1) is 13.8 Å². The first kappa shape index (κ1) is 20.8. The molecule has 2 aromatic rings. The number of benzene rings is 1. The number of halogens is 1. The highest BCUT2D eigenvalue weighted by Crippen LogP contribution is 2.41. The number of rotatable bonds is 4. The van der Waals surface area contributed by atoms with E-state index in [0.29, 0.717) is 11.3 Å². The Kier molecular flexibility index (Phi) is 5.82. The Labute approximate surface area is 174 Å². The van der Waals surface area contributed by atoms with Crippen LogP contribution in [0.3, 0.4) is 0 Å². The Balaban J connectivity index is 2.14. The normalized spacial score (nSPS) is 15.3. The van der Waals surface area contributed by atoms with Crippen molar-refractivity contribution in [3.05, 3.63) is 56.8 Å². The number of carboxylic acid groups (broad SMARTS) is 1. The predicted octanol–water partition coefficient (Wildman–Crippen LogP) is 4.96. The third kappa shape index (κ3) is 4.23. The predicted molar refractivity (Wildman–Crippen MR) is 114 cm³/mol. The summed E-state index contributed by atoms with van der Waals surface area (Å²) in [5, 5.41) is 9.97. The lowest BCUT2D eigenvalue weighted by Crippen LogP contribution is -2.34. The highest BCUT2D eigenvalue weighted by molar-refractivity contribution is 9.10. The molecule has 0 spiro atoms. The van der Waals surface area contributed by atoms with Crippen LogP contribution in [0.5, 0.6) is 0 Å². The van der Waals surface area contributed by atoms with Crippen LogP contribution in [0.15, 0.2) is 28.7 Å². The van der Waals surface area contributed by atoms with Crippen LogP contribution >= 0.6 is 15.9 Å². The zero-order valence-corrected chi connectivity index (χ0v) is 18.6. The van der Waals surface area contributed by atoms with Crippen molar-refractivity contribution >= 4 is 27.6 Å². The van der Waals surface area contributed by atoms with E-state index in [1.807, 2.05) is 40.7 Å². The van der Waals surface area contributed by atoms with Crippen molar-refractivity contribution in [1.29, 1.82) is 0 Å². The molecule has 1 unspecified atom stereocenters. The van der Waals surface area contributed by atoms with Crippen molar-refractivity contribution in [3.8, 4) is 0 Å². The summed E-state index contributed by atoms with van der Waals surface area (Å²) in [5.74, 6) is -1.01. The third-order valence-corrected chi connectivity index (χ3v) is 5.86. The van der Waals surface area contributed by atoms with Crippen molar-refractivity contribution in [1.82, 2.24) is 4.98 Å². The van der Waals surface area contributed by atoms with E-state index in [1.165, 1.54) is 11.1 Å². The van der Waals surface area contributed by atoms with E-state index in [1.54, 1.807) is 0 Å². The van der Waals surface area contributed by atoms with E-state index >= 15 is 0 Å². The first-order valence-electron chi connectivity index (χ1n) is 9.47. The third-order valence-electron chi connectivity index (χ3n) is 4.91. The molecule has 3 rings (SSSR count). The van der Waals surface area contributed by atoms with Crippen LogP contribution in [0.4, 0.5) is 5.69 Å². The number of hydrogen-bond donors (Lipinski definition) is 1. The fourth-order valence-corrected chi connectivity index (χ4v) is 4.27. The molecule has 6 heteroatoms. The monoisotopic (exact) mass is 446 g/mol. The molecule has 0 amide bonds. The average Bonchev–Trinajstić information content (AvgIpc) is 2.61. The van der Waals surface area contributed by atoms with Gasteiger partial charge in [-0.25, -0.2) is 4.79 Å². The summed E-state index contributed by atoms with van der Waals surface area (Å²) < 4.78 is 6.80. The van der Waals surface area contributed by atoms with E-state index in [-0.39, 0.29) is 0 Å². The Morgan fingerprint density at radius 1 is 1.21 bits per heavy atom. The van der Waals surface area contributed by atoms with Crippen molar-refractivity contribution in [2.45, 2.75) is 59.3 Å². The topological polar surface area (TPSA) is 62.7 Å². The minimum absolute atomic E-state index is 0.599. The number of aryl methyl sites for hydroxylation is 2. The van der Waals surface area contributed by atoms with Gasteiger partial charge in [0.1, 0.15) is 0 Å². The van der Waals surface area contributed by atoms with Gasteiger partial charge in [-0.15, -0.1) is 0 Å². The van der Waals surface area contributed by atoms with Crippen LogP contribution in [-0.4, -0.2) is 28.2 Å². The molecule has 28 heavy (non-hydrogen) atoms. The molecule has 2 heterocycles. The molecule has 1 N–H and O–H groups in total. The van der Waals surface area contributed by atoms with Crippen LogP contribution in [0.1, 0.15) is 55.0 Å². The molecular formula is C22H27BrN2O3. The number of pyridine rings is 1. The number of nitrogens with zero attached hydrogens (tertiary/aromatic N) is 2. The summed E-state index contributed by atoms with van der Waals surface area (Å²) in [4.78, 5) is 19.0. The van der Waals surface area contributed by atoms with Crippen molar-refractivity contribution in [2.24, 2.45) is 0 Å². The van der Waals surface area contributed by atoms with Crippen LogP contribution in [0.25, 0.3) is 0 Å². The van der Waals surface area contributed by atoms with Gasteiger partial charge in [0.25, 0.3) is 0 Å². The molecule has 0 saturated heterocycles. The maximum Gasteiger partial charge on any atom is 0.337 e. The second kappa shape index (κ2) is 7.84. The highest BCUT2D eigenvalue weighted by Gasteiger charge is 2.34. The van der Waals surface area contributed by atoms with Crippen LogP contribution < -0.4 is 4.90 Å². The molecule has 0 saturated carbocycles. The van der Waals surface area contributed by atoms with Crippen LogP contribution in [0.2, 0.25) is 0 Å². The number of carboxylic acids is 1. The second-order valence-electron chi connectivity index (χ2n) is 8.25. The van der Waals surface area contributed by atoms with Gasteiger partial charge in [0.2, 0.25) is 0 Å². The molecule has 1 aromatic heterocycles. The zero-order chi connectivity index (χ0) is 20.6. The summed E-state index contributed by atoms with van der Waals surface area (Å²) in [6.45, 7) is 10.9. The molecule has 150 valence electrons. The lowest BCUT2D eigenvalue weighted by atomic mass is 9.97. The Morgan fingerprint density at radius 3 is 2.46 bits per heavy atom. The number of carbonyl (C=O) groups is 1. The Morgan fingerprint density at radius 2 is 1.86 bits per heavy atom. The maximum absolute atomic E-state index is 12.2. The zero-order valence-electron chi connectivity index (χ0n) is 17.0. The summed E-state index contributed by atoms with van der Waals surface area (Å²) in [6.07, 6.45) is -0.170. The molecule has 0 radical (unpaired) electrons. The van der Waals surface area contributed by atoms with Gasteiger partial charge < -0.3 is 14.7 Å². The standard InChI is InChI=1S/C22H27BrN2O3/c1-13-17(20(21(26)27)28-22(3,4)5)19(18(23)14(2)24-13)25-11-10-15-8-6-7-9-16(15)12-25/h6-9,20H,10-12H2,1-5H3,(H,26,27). The van der Waals surface area contributed by atoms with Crippen molar-refractivity contribution in [2.75, 3.05) is 11.4 Å². The van der Waals surface area contributed by atoms with Crippen molar-refractivity contribution < 1.29 is 14.6 Å². The Bertz CT molecular complexity index is 905. The van der Waals surface area contributed by atoms with Gasteiger partial charge in [-0.1, -0.05) is 24.3 Å². The van der Waals surface area contributed by atoms with Gasteiger partial charge in [0.05, 0.1) is 21.5 Å². The van der Waals surface area contributed by atoms with E-state index < -0.39 is 17.7 Å².